The first kappa shape index (κ1) is 17.5. The molecule has 1 aromatic heterocycles. The lowest BCUT2D eigenvalue weighted by Crippen LogP contribution is -2.27. The molecule has 0 aliphatic carbocycles. The minimum atomic E-state index is -0.147. The number of hydrogen-bond acceptors (Lipinski definition) is 5. The molecule has 0 unspecified atom stereocenters. The van der Waals surface area contributed by atoms with Crippen LogP contribution in [0.25, 0.3) is 0 Å². The number of nitriles is 1. The quantitative estimate of drug-likeness (QED) is 0.935. The van der Waals surface area contributed by atoms with Gasteiger partial charge in [0.2, 0.25) is 5.95 Å². The lowest BCUT2D eigenvalue weighted by atomic mass is 10.0. The van der Waals surface area contributed by atoms with Crippen LogP contribution in [-0.2, 0) is 0 Å². The zero-order chi connectivity index (χ0) is 18.0. The average Bonchev–Trinajstić information content (AvgIpc) is 2.55. The first-order valence-electron chi connectivity index (χ1n) is 7.87. The molecule has 0 amide bonds. The summed E-state index contributed by atoms with van der Waals surface area (Å²) in [6.45, 7) is 8.42. The molecule has 0 atom stereocenters. The van der Waals surface area contributed by atoms with Crippen LogP contribution in [0.1, 0.15) is 29.2 Å². The summed E-state index contributed by atoms with van der Waals surface area (Å²) in [6, 6.07) is 5.87. The van der Waals surface area contributed by atoms with E-state index in [0.29, 0.717) is 22.9 Å². The van der Waals surface area contributed by atoms with Gasteiger partial charge < -0.3 is 9.80 Å². The fraction of sp³-hybridized carbons (Fsp3) is 0.389. The summed E-state index contributed by atoms with van der Waals surface area (Å²) in [5.41, 5.74) is 3.95. The Morgan fingerprint density at radius 2 is 1.79 bits per heavy atom. The van der Waals surface area contributed by atoms with Crippen molar-refractivity contribution in [3.05, 3.63) is 44.7 Å². The molecular formula is C18H23N5O. The molecule has 126 valence electrons. The Morgan fingerprint density at radius 1 is 1.21 bits per heavy atom. The number of rotatable bonds is 4. The number of aryl methyl sites for hydroxylation is 2. The number of aromatic nitrogens is 2. The van der Waals surface area contributed by atoms with Crippen molar-refractivity contribution in [1.29, 1.82) is 5.26 Å². The molecule has 1 heterocycles. The van der Waals surface area contributed by atoms with Gasteiger partial charge in [-0.1, -0.05) is 0 Å². The summed E-state index contributed by atoms with van der Waals surface area (Å²) in [6.07, 6.45) is 0. The molecular weight excluding hydrogens is 302 g/mol. The van der Waals surface area contributed by atoms with Crippen molar-refractivity contribution in [1.82, 2.24) is 9.97 Å². The van der Waals surface area contributed by atoms with Gasteiger partial charge in [0.15, 0.2) is 0 Å². The van der Waals surface area contributed by atoms with Crippen molar-refractivity contribution in [3.8, 4) is 6.07 Å². The Kier molecular flexibility index (Phi) is 4.93. The number of nitrogens with zero attached hydrogens (tertiary/aromatic N) is 4. The van der Waals surface area contributed by atoms with E-state index < -0.39 is 0 Å². The van der Waals surface area contributed by atoms with Gasteiger partial charge in [0.1, 0.15) is 5.82 Å². The van der Waals surface area contributed by atoms with Crippen molar-refractivity contribution in [2.45, 2.75) is 27.7 Å². The maximum absolute atomic E-state index is 12.3. The van der Waals surface area contributed by atoms with Gasteiger partial charge in [-0.3, -0.25) is 9.78 Å². The highest BCUT2D eigenvalue weighted by atomic mass is 16.1. The Hall–Kier alpha value is -2.81. The summed E-state index contributed by atoms with van der Waals surface area (Å²) < 4.78 is 0. The smallest absolute Gasteiger partial charge is 0.257 e. The molecule has 0 saturated carbocycles. The van der Waals surface area contributed by atoms with E-state index in [1.54, 1.807) is 6.92 Å². The van der Waals surface area contributed by atoms with Crippen molar-refractivity contribution in [3.63, 3.8) is 0 Å². The summed E-state index contributed by atoms with van der Waals surface area (Å²) in [5.74, 6) is 1.16. The van der Waals surface area contributed by atoms with Gasteiger partial charge in [0.05, 0.1) is 17.2 Å². The molecule has 0 radical (unpaired) electrons. The number of H-pyrrole nitrogens is 1. The molecule has 0 bridgehead atoms. The molecule has 0 spiro atoms. The second-order valence-corrected chi connectivity index (χ2v) is 5.98. The number of hydrogen-bond donors (Lipinski definition) is 1. The Balaban J connectivity index is 2.63. The second kappa shape index (κ2) is 6.75. The SMILES string of the molecule is CCN(C)c1nc(N(C)c2c(C)cc(C#N)cc2C)c(C)c(=O)[nH]1. The maximum atomic E-state index is 12.3. The van der Waals surface area contributed by atoms with Crippen LogP contribution < -0.4 is 15.4 Å². The minimum absolute atomic E-state index is 0.147. The van der Waals surface area contributed by atoms with Gasteiger partial charge in [-0.25, -0.2) is 0 Å². The van der Waals surface area contributed by atoms with Gasteiger partial charge in [-0.05, 0) is 51.0 Å². The minimum Gasteiger partial charge on any atom is -0.346 e. The maximum Gasteiger partial charge on any atom is 0.257 e. The van der Waals surface area contributed by atoms with Gasteiger partial charge >= 0.3 is 0 Å². The lowest BCUT2D eigenvalue weighted by Gasteiger charge is -2.25. The topological polar surface area (TPSA) is 76.0 Å². The van der Waals surface area contributed by atoms with E-state index in [-0.39, 0.29) is 5.56 Å². The molecule has 2 rings (SSSR count). The monoisotopic (exact) mass is 325 g/mol. The molecule has 0 aliphatic rings. The second-order valence-electron chi connectivity index (χ2n) is 5.98. The van der Waals surface area contributed by atoms with Crippen LogP contribution in [0.5, 0.6) is 0 Å². The number of benzene rings is 1. The summed E-state index contributed by atoms with van der Waals surface area (Å²) in [7, 11) is 3.78. The third-order valence-electron chi connectivity index (χ3n) is 4.22. The van der Waals surface area contributed by atoms with Crippen LogP contribution in [0.4, 0.5) is 17.5 Å². The fourth-order valence-electron chi connectivity index (χ4n) is 2.82. The molecule has 2 aromatic rings. The standard InChI is InChI=1S/C18H23N5O/c1-7-22(5)18-20-16(13(4)17(24)21-18)23(6)15-11(2)8-14(10-19)9-12(15)3/h8-9H,7H2,1-6H3,(H,20,21,24). The van der Waals surface area contributed by atoms with E-state index in [0.717, 1.165) is 23.4 Å². The molecule has 6 heteroatoms. The third kappa shape index (κ3) is 3.11. The van der Waals surface area contributed by atoms with Gasteiger partial charge in [0.25, 0.3) is 5.56 Å². The van der Waals surface area contributed by atoms with Crippen molar-refractivity contribution < 1.29 is 0 Å². The number of aromatic amines is 1. The van der Waals surface area contributed by atoms with E-state index >= 15 is 0 Å². The third-order valence-corrected chi connectivity index (χ3v) is 4.22. The first-order valence-corrected chi connectivity index (χ1v) is 7.87. The van der Waals surface area contributed by atoms with Crippen LogP contribution >= 0.6 is 0 Å². The molecule has 0 fully saturated rings. The molecule has 0 saturated heterocycles. The molecule has 6 nitrogen and oxygen atoms in total. The van der Waals surface area contributed by atoms with Crippen LogP contribution in [0, 0.1) is 32.1 Å². The lowest BCUT2D eigenvalue weighted by molar-refractivity contribution is 0.880. The normalized spacial score (nSPS) is 10.4. The van der Waals surface area contributed by atoms with Crippen molar-refractivity contribution in [2.75, 3.05) is 30.4 Å². The van der Waals surface area contributed by atoms with Gasteiger partial charge in [-0.15, -0.1) is 0 Å². The van der Waals surface area contributed by atoms with E-state index in [2.05, 4.69) is 16.0 Å². The van der Waals surface area contributed by atoms with E-state index in [9.17, 15) is 4.79 Å². The predicted octanol–water partition coefficient (Wildman–Crippen LogP) is 2.79. The highest BCUT2D eigenvalue weighted by Crippen LogP contribution is 2.31. The average molecular weight is 325 g/mol. The Morgan fingerprint density at radius 3 is 2.29 bits per heavy atom. The zero-order valence-corrected chi connectivity index (χ0v) is 15.1. The van der Waals surface area contributed by atoms with Crippen LogP contribution in [-0.4, -0.2) is 30.6 Å². The van der Waals surface area contributed by atoms with Gasteiger partial charge in [0, 0.05) is 26.3 Å². The van der Waals surface area contributed by atoms with Gasteiger partial charge in [-0.2, -0.15) is 10.2 Å². The number of nitrogens with one attached hydrogen (secondary N) is 1. The first-order chi connectivity index (χ1) is 11.3. The molecule has 1 N–H and O–H groups in total. The summed E-state index contributed by atoms with van der Waals surface area (Å²) in [5, 5.41) is 9.11. The fourth-order valence-corrected chi connectivity index (χ4v) is 2.82. The van der Waals surface area contributed by atoms with Crippen LogP contribution in [0.2, 0.25) is 0 Å². The largest absolute Gasteiger partial charge is 0.346 e. The molecule has 24 heavy (non-hydrogen) atoms. The van der Waals surface area contributed by atoms with Crippen molar-refractivity contribution >= 4 is 17.5 Å². The summed E-state index contributed by atoms with van der Waals surface area (Å²) >= 11 is 0. The molecule has 1 aromatic carbocycles. The Labute approximate surface area is 142 Å². The van der Waals surface area contributed by atoms with Crippen LogP contribution in [0.15, 0.2) is 16.9 Å². The highest BCUT2D eigenvalue weighted by molar-refractivity contribution is 5.70. The predicted molar refractivity (Wildman–Crippen MR) is 97.2 cm³/mol. The van der Waals surface area contributed by atoms with E-state index in [1.807, 2.05) is 56.8 Å². The zero-order valence-electron chi connectivity index (χ0n) is 15.1. The van der Waals surface area contributed by atoms with E-state index in [1.165, 1.54) is 0 Å². The van der Waals surface area contributed by atoms with Crippen LogP contribution in [0.3, 0.4) is 0 Å². The van der Waals surface area contributed by atoms with Crippen molar-refractivity contribution in [2.24, 2.45) is 0 Å². The number of anilines is 3. The highest BCUT2D eigenvalue weighted by Gasteiger charge is 2.18. The van der Waals surface area contributed by atoms with E-state index in [4.69, 9.17) is 5.26 Å². The molecule has 0 aliphatic heterocycles. The summed E-state index contributed by atoms with van der Waals surface area (Å²) in [4.78, 5) is 23.5. The Bertz CT molecular complexity index is 840.